The molecule has 11 nitrogen and oxygen atoms in total. The molecule has 2 amide bonds. The Balaban J connectivity index is 2.06. The Hall–Kier alpha value is -3.78. The SMILES string of the molecule is NC/C=C/CNc1c(OCC#CCC2CCN(C(=O)O)CC2)cc(C(N)=O)cc1[N+](=O)[O-]. The maximum atomic E-state index is 11.6. The highest BCUT2D eigenvalue weighted by atomic mass is 16.6. The number of anilines is 1. The van der Waals surface area contributed by atoms with Crippen molar-refractivity contribution in [2.45, 2.75) is 19.3 Å². The van der Waals surface area contributed by atoms with Crippen molar-refractivity contribution < 1.29 is 24.4 Å². The molecule has 32 heavy (non-hydrogen) atoms. The molecule has 1 aromatic rings. The van der Waals surface area contributed by atoms with Gasteiger partial charge in [0.25, 0.3) is 5.69 Å². The Morgan fingerprint density at radius 1 is 1.31 bits per heavy atom. The standard InChI is InChI=1S/C21H27N5O6/c22-8-2-3-9-24-19-17(26(30)31)13-16(20(23)27)14-18(19)32-12-4-1-5-15-6-10-25(11-7-15)21(28)29/h2-3,13-15,24H,5-12,22H2,(H2,23,27)(H,28,29)/b3-2+. The second-order valence-electron chi connectivity index (χ2n) is 7.14. The highest BCUT2D eigenvalue weighted by Gasteiger charge is 2.23. The quantitative estimate of drug-likeness (QED) is 0.192. The molecule has 0 radical (unpaired) electrons. The molecule has 0 atom stereocenters. The van der Waals surface area contributed by atoms with Gasteiger partial charge >= 0.3 is 6.09 Å². The fourth-order valence-electron chi connectivity index (χ4n) is 3.23. The molecule has 0 spiro atoms. The Labute approximate surface area is 185 Å². The number of amides is 2. The number of hydrogen-bond donors (Lipinski definition) is 4. The summed E-state index contributed by atoms with van der Waals surface area (Å²) in [6.07, 6.45) is 4.61. The van der Waals surface area contributed by atoms with Gasteiger partial charge in [0.05, 0.1) is 4.92 Å². The van der Waals surface area contributed by atoms with E-state index >= 15 is 0 Å². The molecule has 2 rings (SSSR count). The third-order valence-electron chi connectivity index (χ3n) is 4.96. The van der Waals surface area contributed by atoms with E-state index in [-0.39, 0.29) is 35.8 Å². The van der Waals surface area contributed by atoms with Crippen molar-refractivity contribution in [1.29, 1.82) is 0 Å². The average molecular weight is 445 g/mol. The summed E-state index contributed by atoms with van der Waals surface area (Å²) in [6.45, 7) is 1.55. The van der Waals surface area contributed by atoms with E-state index in [1.165, 1.54) is 11.0 Å². The molecule has 6 N–H and O–H groups in total. The first kappa shape index (κ1) is 24.5. The van der Waals surface area contributed by atoms with Crippen molar-refractivity contribution in [2.24, 2.45) is 17.4 Å². The number of nitrogens with zero attached hydrogens (tertiary/aromatic N) is 2. The van der Waals surface area contributed by atoms with Gasteiger partial charge in [-0.3, -0.25) is 14.9 Å². The zero-order valence-electron chi connectivity index (χ0n) is 17.6. The summed E-state index contributed by atoms with van der Waals surface area (Å²) in [5, 5.41) is 23.4. The maximum absolute atomic E-state index is 11.6. The molecule has 1 aromatic carbocycles. The van der Waals surface area contributed by atoms with Crippen LogP contribution < -0.4 is 21.5 Å². The largest absolute Gasteiger partial charge is 0.478 e. The summed E-state index contributed by atoms with van der Waals surface area (Å²) in [6, 6.07) is 2.44. The Morgan fingerprint density at radius 3 is 2.62 bits per heavy atom. The number of carboxylic acid groups (broad SMARTS) is 1. The zero-order chi connectivity index (χ0) is 23.5. The van der Waals surface area contributed by atoms with Crippen LogP contribution in [0.4, 0.5) is 16.2 Å². The van der Waals surface area contributed by atoms with Crippen LogP contribution in [0, 0.1) is 27.9 Å². The minimum absolute atomic E-state index is 0.0410. The second-order valence-corrected chi connectivity index (χ2v) is 7.14. The number of primary amides is 1. The second kappa shape index (κ2) is 12.2. The van der Waals surface area contributed by atoms with Crippen LogP contribution in [0.3, 0.4) is 0 Å². The zero-order valence-corrected chi connectivity index (χ0v) is 17.6. The molecule has 0 bridgehead atoms. The summed E-state index contributed by atoms with van der Waals surface area (Å²) in [7, 11) is 0. The van der Waals surface area contributed by atoms with Crippen LogP contribution in [0.5, 0.6) is 5.75 Å². The monoisotopic (exact) mass is 445 g/mol. The summed E-state index contributed by atoms with van der Waals surface area (Å²) in [5.74, 6) is 5.47. The van der Waals surface area contributed by atoms with Crippen molar-refractivity contribution in [2.75, 3.05) is 38.1 Å². The number of hydrogen-bond acceptors (Lipinski definition) is 7. The number of nitro groups is 1. The lowest BCUT2D eigenvalue weighted by atomic mass is 9.94. The molecule has 0 unspecified atom stereocenters. The number of benzene rings is 1. The Morgan fingerprint density at radius 2 is 2.03 bits per heavy atom. The molecule has 172 valence electrons. The van der Waals surface area contributed by atoms with Gasteiger partial charge in [-0.2, -0.15) is 0 Å². The number of rotatable bonds is 9. The van der Waals surface area contributed by atoms with E-state index in [9.17, 15) is 19.7 Å². The summed E-state index contributed by atoms with van der Waals surface area (Å²) in [4.78, 5) is 34.8. The van der Waals surface area contributed by atoms with Gasteiger partial charge in [-0.15, -0.1) is 0 Å². The van der Waals surface area contributed by atoms with Crippen LogP contribution in [0.15, 0.2) is 24.3 Å². The predicted molar refractivity (Wildman–Crippen MR) is 119 cm³/mol. The summed E-state index contributed by atoms with van der Waals surface area (Å²) < 4.78 is 5.63. The van der Waals surface area contributed by atoms with E-state index in [1.54, 1.807) is 12.2 Å². The van der Waals surface area contributed by atoms with Crippen LogP contribution in [-0.2, 0) is 0 Å². The first-order valence-corrected chi connectivity index (χ1v) is 10.1. The summed E-state index contributed by atoms with van der Waals surface area (Å²) in [5.41, 5.74) is 10.4. The minimum Gasteiger partial charge on any atom is -0.478 e. The van der Waals surface area contributed by atoms with Crippen LogP contribution in [0.25, 0.3) is 0 Å². The Kier molecular flexibility index (Phi) is 9.31. The lowest BCUT2D eigenvalue weighted by Crippen LogP contribution is -2.37. The Bertz CT molecular complexity index is 929. The first-order chi connectivity index (χ1) is 15.3. The minimum atomic E-state index is -0.904. The van der Waals surface area contributed by atoms with Gasteiger partial charge in [-0.1, -0.05) is 24.0 Å². The van der Waals surface area contributed by atoms with Crippen LogP contribution in [0.2, 0.25) is 0 Å². The van der Waals surface area contributed by atoms with E-state index < -0.39 is 16.9 Å². The molecule has 0 aliphatic carbocycles. The third kappa shape index (κ3) is 7.17. The number of nitro benzene ring substituents is 1. The van der Waals surface area contributed by atoms with Crippen LogP contribution >= 0.6 is 0 Å². The first-order valence-electron chi connectivity index (χ1n) is 10.1. The van der Waals surface area contributed by atoms with Crippen LogP contribution in [-0.4, -0.2) is 59.7 Å². The lowest BCUT2D eigenvalue weighted by Gasteiger charge is -2.28. The molecular formula is C21H27N5O6. The van der Waals surface area contributed by atoms with E-state index in [4.69, 9.17) is 21.3 Å². The molecule has 1 saturated heterocycles. The number of carbonyl (C=O) groups excluding carboxylic acids is 1. The molecule has 1 fully saturated rings. The lowest BCUT2D eigenvalue weighted by molar-refractivity contribution is -0.384. The van der Waals surface area contributed by atoms with E-state index in [0.717, 1.165) is 18.9 Å². The van der Waals surface area contributed by atoms with Gasteiger partial charge < -0.3 is 31.5 Å². The molecule has 0 aromatic heterocycles. The smallest absolute Gasteiger partial charge is 0.407 e. The fraction of sp³-hybridized carbons (Fsp3) is 0.429. The number of carbonyl (C=O) groups is 2. The van der Waals surface area contributed by atoms with Crippen LogP contribution in [0.1, 0.15) is 29.6 Å². The van der Waals surface area contributed by atoms with E-state index in [2.05, 4.69) is 17.2 Å². The van der Waals surface area contributed by atoms with Gasteiger partial charge in [-0.25, -0.2) is 4.79 Å². The number of nitrogens with two attached hydrogens (primary N) is 2. The van der Waals surface area contributed by atoms with Crippen molar-refractivity contribution in [1.82, 2.24) is 4.90 Å². The topological polar surface area (TPSA) is 174 Å². The number of ether oxygens (including phenoxy) is 1. The molecule has 11 heteroatoms. The average Bonchev–Trinajstić information content (AvgIpc) is 2.76. The van der Waals surface area contributed by atoms with Gasteiger partial charge in [0.1, 0.15) is 6.61 Å². The molecule has 1 aliphatic rings. The maximum Gasteiger partial charge on any atom is 0.407 e. The predicted octanol–water partition coefficient (Wildman–Crippen LogP) is 1.78. The molecular weight excluding hydrogens is 418 g/mol. The van der Waals surface area contributed by atoms with E-state index in [0.29, 0.717) is 32.0 Å². The van der Waals surface area contributed by atoms with Crippen molar-refractivity contribution in [3.63, 3.8) is 0 Å². The number of piperidine rings is 1. The van der Waals surface area contributed by atoms with Gasteiger partial charge in [0.15, 0.2) is 11.4 Å². The van der Waals surface area contributed by atoms with Crippen molar-refractivity contribution >= 4 is 23.4 Å². The molecule has 1 aliphatic heterocycles. The van der Waals surface area contributed by atoms with Crippen molar-refractivity contribution in [3.05, 3.63) is 40.0 Å². The highest BCUT2D eigenvalue weighted by molar-refractivity contribution is 5.95. The number of nitrogens with one attached hydrogen (secondary N) is 1. The van der Waals surface area contributed by atoms with Gasteiger partial charge in [0.2, 0.25) is 5.91 Å². The van der Waals surface area contributed by atoms with Crippen molar-refractivity contribution in [3.8, 4) is 17.6 Å². The molecule has 1 heterocycles. The normalized spacial score (nSPS) is 14.0. The highest BCUT2D eigenvalue weighted by Crippen LogP contribution is 2.36. The van der Waals surface area contributed by atoms with Gasteiger partial charge in [-0.05, 0) is 24.8 Å². The fourth-order valence-corrected chi connectivity index (χ4v) is 3.23. The summed E-state index contributed by atoms with van der Waals surface area (Å²) >= 11 is 0. The third-order valence-corrected chi connectivity index (χ3v) is 4.96. The number of likely N-dealkylation sites (tertiary alicyclic amines) is 1. The molecule has 0 saturated carbocycles. The van der Waals surface area contributed by atoms with Gasteiger partial charge in [0, 0.05) is 44.2 Å². The van der Waals surface area contributed by atoms with E-state index in [1.807, 2.05) is 0 Å².